The number of hydrogen-bond acceptors (Lipinski definition) is 5. The van der Waals surface area contributed by atoms with E-state index in [-0.39, 0.29) is 11.6 Å². The zero-order valence-electron chi connectivity index (χ0n) is 11.8. The van der Waals surface area contributed by atoms with Gasteiger partial charge < -0.3 is 14.8 Å². The third-order valence-corrected chi connectivity index (χ3v) is 3.58. The minimum absolute atomic E-state index is 0.142. The van der Waals surface area contributed by atoms with E-state index in [4.69, 9.17) is 9.47 Å². The molecule has 1 aromatic rings. The average Bonchev–Trinajstić information content (AvgIpc) is 3.29. The Balaban J connectivity index is 1.83. The maximum Gasteiger partial charge on any atom is 0.339 e. The number of methoxy groups -OCH3 is 1. The quantitative estimate of drug-likeness (QED) is 0.767. The molecule has 0 bridgehead atoms. The van der Waals surface area contributed by atoms with Crippen molar-refractivity contribution < 1.29 is 23.9 Å². The summed E-state index contributed by atoms with van der Waals surface area (Å²) in [7, 11) is 1.48. The van der Waals surface area contributed by atoms with Gasteiger partial charge in [0, 0.05) is 10.5 Å². The average molecular weight is 371 g/mol. The second-order valence-electron chi connectivity index (χ2n) is 4.72. The van der Waals surface area contributed by atoms with Crippen molar-refractivity contribution in [3.8, 4) is 5.75 Å². The molecule has 0 spiro atoms. The summed E-state index contributed by atoms with van der Waals surface area (Å²) in [5, 5.41) is 4.69. The number of carbonyl (C=O) groups excluding carboxylic acids is 3. The second kappa shape index (κ2) is 7.26. The fourth-order valence-electron chi connectivity index (χ4n) is 1.61. The van der Waals surface area contributed by atoms with E-state index >= 15 is 0 Å². The normalized spacial score (nSPS) is 13.2. The van der Waals surface area contributed by atoms with E-state index in [9.17, 15) is 14.4 Å². The van der Waals surface area contributed by atoms with Gasteiger partial charge in [-0.05, 0) is 47.0 Å². The van der Waals surface area contributed by atoms with Crippen molar-refractivity contribution in [2.75, 3.05) is 13.7 Å². The van der Waals surface area contributed by atoms with E-state index in [0.717, 1.165) is 12.8 Å². The predicted molar refractivity (Wildman–Crippen MR) is 80.7 cm³/mol. The lowest BCUT2D eigenvalue weighted by Crippen LogP contribution is -2.42. The highest BCUT2D eigenvalue weighted by Gasteiger charge is 2.24. The fraction of sp³-hybridized carbons (Fsp3) is 0.357. The molecule has 1 saturated carbocycles. The number of benzene rings is 1. The maximum atomic E-state index is 11.9. The molecule has 0 atom stereocenters. The van der Waals surface area contributed by atoms with Gasteiger partial charge in [0.05, 0.1) is 12.7 Å². The first-order valence-corrected chi connectivity index (χ1v) is 7.40. The molecule has 1 aromatic carbocycles. The largest absolute Gasteiger partial charge is 0.497 e. The number of imide groups is 1. The number of amides is 3. The number of ether oxygens (including phenoxy) is 2. The lowest BCUT2D eigenvalue weighted by Gasteiger charge is -2.08. The Bertz CT molecular complexity index is 601. The van der Waals surface area contributed by atoms with E-state index in [0.29, 0.717) is 10.2 Å². The van der Waals surface area contributed by atoms with Gasteiger partial charge in [0.15, 0.2) is 6.61 Å². The first kappa shape index (κ1) is 16.3. The van der Waals surface area contributed by atoms with Crippen LogP contribution in [0.3, 0.4) is 0 Å². The summed E-state index contributed by atoms with van der Waals surface area (Å²) < 4.78 is 10.4. The molecule has 22 heavy (non-hydrogen) atoms. The van der Waals surface area contributed by atoms with Crippen LogP contribution in [0.4, 0.5) is 4.79 Å². The summed E-state index contributed by atoms with van der Waals surface area (Å²) in [6, 6.07) is 4.37. The standard InChI is InChI=1S/C14H15BrN2O5/c1-21-9-4-5-11(15)10(6-9)13(19)22-7-12(18)17-14(20)16-8-2-3-8/h4-6,8H,2-3,7H2,1H3,(H2,16,17,18,20). The van der Waals surface area contributed by atoms with Crippen molar-refractivity contribution in [3.63, 3.8) is 0 Å². The molecule has 0 aromatic heterocycles. The Morgan fingerprint density at radius 2 is 2.05 bits per heavy atom. The highest BCUT2D eigenvalue weighted by molar-refractivity contribution is 9.10. The number of hydrogen-bond donors (Lipinski definition) is 2. The van der Waals surface area contributed by atoms with Crippen LogP contribution in [-0.4, -0.2) is 37.7 Å². The van der Waals surface area contributed by atoms with Crippen LogP contribution in [0.2, 0.25) is 0 Å². The van der Waals surface area contributed by atoms with Crippen LogP contribution < -0.4 is 15.4 Å². The van der Waals surface area contributed by atoms with E-state index in [1.807, 2.05) is 0 Å². The molecule has 1 aliphatic carbocycles. The van der Waals surface area contributed by atoms with Gasteiger partial charge in [0.2, 0.25) is 0 Å². The van der Waals surface area contributed by atoms with Crippen LogP contribution >= 0.6 is 15.9 Å². The lowest BCUT2D eigenvalue weighted by molar-refractivity contribution is -0.123. The Morgan fingerprint density at radius 1 is 1.32 bits per heavy atom. The molecule has 1 aliphatic rings. The zero-order valence-corrected chi connectivity index (χ0v) is 13.4. The van der Waals surface area contributed by atoms with Gasteiger partial charge in [-0.15, -0.1) is 0 Å². The molecule has 0 unspecified atom stereocenters. The van der Waals surface area contributed by atoms with Crippen molar-refractivity contribution in [3.05, 3.63) is 28.2 Å². The topological polar surface area (TPSA) is 93.7 Å². The van der Waals surface area contributed by atoms with Crippen LogP contribution in [0, 0.1) is 0 Å². The van der Waals surface area contributed by atoms with E-state index in [1.165, 1.54) is 13.2 Å². The molecule has 0 saturated heterocycles. The summed E-state index contributed by atoms with van der Waals surface area (Å²) in [5.41, 5.74) is 0.231. The summed E-state index contributed by atoms with van der Waals surface area (Å²) >= 11 is 3.22. The van der Waals surface area contributed by atoms with Crippen LogP contribution in [0.25, 0.3) is 0 Å². The number of rotatable bonds is 5. The highest BCUT2D eigenvalue weighted by atomic mass is 79.9. The van der Waals surface area contributed by atoms with E-state index in [2.05, 4.69) is 26.6 Å². The minimum Gasteiger partial charge on any atom is -0.497 e. The van der Waals surface area contributed by atoms with Crippen LogP contribution in [0.5, 0.6) is 5.75 Å². The molecular formula is C14H15BrN2O5. The number of urea groups is 1. The van der Waals surface area contributed by atoms with Gasteiger partial charge in [0.1, 0.15) is 5.75 Å². The fourth-order valence-corrected chi connectivity index (χ4v) is 2.02. The SMILES string of the molecule is COc1ccc(Br)c(C(=O)OCC(=O)NC(=O)NC2CC2)c1. The predicted octanol–water partition coefficient (Wildman–Crippen LogP) is 1.60. The van der Waals surface area contributed by atoms with Crippen LogP contribution in [0.1, 0.15) is 23.2 Å². The molecule has 3 amide bonds. The van der Waals surface area contributed by atoms with Crippen molar-refractivity contribution in [2.45, 2.75) is 18.9 Å². The number of halogens is 1. The molecule has 1 fully saturated rings. The first-order chi connectivity index (χ1) is 10.5. The zero-order chi connectivity index (χ0) is 16.1. The van der Waals surface area contributed by atoms with Gasteiger partial charge in [-0.25, -0.2) is 9.59 Å². The van der Waals surface area contributed by atoms with E-state index in [1.54, 1.807) is 12.1 Å². The second-order valence-corrected chi connectivity index (χ2v) is 5.57. The molecule has 8 heteroatoms. The van der Waals surface area contributed by atoms with Gasteiger partial charge in [-0.1, -0.05) is 0 Å². The van der Waals surface area contributed by atoms with Crippen molar-refractivity contribution in [1.82, 2.24) is 10.6 Å². The summed E-state index contributed by atoms with van der Waals surface area (Å²) in [5.74, 6) is -0.891. The highest BCUT2D eigenvalue weighted by Crippen LogP contribution is 2.23. The molecule has 2 rings (SSSR count). The third kappa shape index (κ3) is 4.73. The molecule has 7 nitrogen and oxygen atoms in total. The molecule has 0 aliphatic heterocycles. The smallest absolute Gasteiger partial charge is 0.339 e. The minimum atomic E-state index is -0.691. The van der Waals surface area contributed by atoms with Crippen LogP contribution in [-0.2, 0) is 9.53 Å². The Kier molecular flexibility index (Phi) is 5.37. The van der Waals surface area contributed by atoms with Crippen molar-refractivity contribution in [1.29, 1.82) is 0 Å². The van der Waals surface area contributed by atoms with Gasteiger partial charge in [-0.3, -0.25) is 10.1 Å². The van der Waals surface area contributed by atoms with Gasteiger partial charge in [-0.2, -0.15) is 0 Å². The van der Waals surface area contributed by atoms with Gasteiger partial charge >= 0.3 is 12.0 Å². The summed E-state index contributed by atoms with van der Waals surface area (Å²) in [6.07, 6.45) is 1.83. The molecular weight excluding hydrogens is 356 g/mol. The van der Waals surface area contributed by atoms with Gasteiger partial charge in [0.25, 0.3) is 5.91 Å². The maximum absolute atomic E-state index is 11.9. The molecule has 0 radical (unpaired) electrons. The lowest BCUT2D eigenvalue weighted by atomic mass is 10.2. The van der Waals surface area contributed by atoms with E-state index < -0.39 is 24.5 Å². The number of carbonyl (C=O) groups is 3. The van der Waals surface area contributed by atoms with Crippen molar-refractivity contribution >= 4 is 33.8 Å². The Hall–Kier alpha value is -2.09. The molecule has 118 valence electrons. The number of nitrogens with one attached hydrogen (secondary N) is 2. The summed E-state index contributed by atoms with van der Waals surface area (Å²) in [6.45, 7) is -0.541. The van der Waals surface area contributed by atoms with Crippen LogP contribution in [0.15, 0.2) is 22.7 Å². The van der Waals surface area contributed by atoms with Crippen molar-refractivity contribution in [2.24, 2.45) is 0 Å². The first-order valence-electron chi connectivity index (χ1n) is 6.60. The Labute approximate surface area is 135 Å². The molecule has 2 N–H and O–H groups in total. The summed E-state index contributed by atoms with van der Waals surface area (Å²) in [4.78, 5) is 34.8. The molecule has 0 heterocycles. The Morgan fingerprint density at radius 3 is 2.68 bits per heavy atom. The number of esters is 1. The monoisotopic (exact) mass is 370 g/mol. The third-order valence-electron chi connectivity index (χ3n) is 2.89.